The first-order valence-corrected chi connectivity index (χ1v) is 13.4. The van der Waals surface area contributed by atoms with E-state index in [4.69, 9.17) is 10.5 Å². The monoisotopic (exact) mass is 581 g/mol. The van der Waals surface area contributed by atoms with Crippen molar-refractivity contribution in [2.45, 2.75) is 57.2 Å². The standard InChI is InChI=1S/C30H31N5O3.2ClH/c1-18-28(32)30(37)34(17-24-22-4-2-3-5-25(22)33-16-23(24)20-7-8-20)26-9-6-19(15-31)14-27(26)35(18)29(36)21-10-12-38-13-11-21;;/h2-6,9,14,16,18,20-21,28H,7-8,10-13,17,32H2,1H3;2*1H/t18-,28-;;/m0../s1. The maximum absolute atomic E-state index is 14.0. The van der Waals surface area contributed by atoms with Crippen LogP contribution in [0.25, 0.3) is 10.9 Å². The summed E-state index contributed by atoms with van der Waals surface area (Å²) in [6, 6.07) is 13.9. The number of nitriles is 1. The van der Waals surface area contributed by atoms with Crippen molar-refractivity contribution in [3.8, 4) is 6.07 Å². The van der Waals surface area contributed by atoms with E-state index in [1.54, 1.807) is 28.0 Å². The van der Waals surface area contributed by atoms with Crippen molar-refractivity contribution < 1.29 is 14.3 Å². The average Bonchev–Trinajstić information content (AvgIpc) is 3.81. The van der Waals surface area contributed by atoms with Crippen molar-refractivity contribution >= 4 is 58.9 Å². The van der Waals surface area contributed by atoms with Crippen LogP contribution in [0.3, 0.4) is 0 Å². The quantitative estimate of drug-likeness (QED) is 0.471. The van der Waals surface area contributed by atoms with E-state index in [1.165, 1.54) is 0 Å². The van der Waals surface area contributed by atoms with Crippen LogP contribution < -0.4 is 15.5 Å². The van der Waals surface area contributed by atoms with Crippen molar-refractivity contribution in [2.75, 3.05) is 23.0 Å². The smallest absolute Gasteiger partial charge is 0.246 e. The fraction of sp³-hybridized carbons (Fsp3) is 0.400. The molecule has 0 radical (unpaired) electrons. The molecule has 2 N–H and O–H groups in total. The number of para-hydroxylation sites is 1. The topological polar surface area (TPSA) is 113 Å². The van der Waals surface area contributed by atoms with Crippen LogP contribution in [-0.4, -0.2) is 42.1 Å². The fourth-order valence-electron chi connectivity index (χ4n) is 5.82. The van der Waals surface area contributed by atoms with Crippen LogP contribution in [0, 0.1) is 17.2 Å². The second-order valence-corrected chi connectivity index (χ2v) is 10.6. The molecule has 0 bridgehead atoms. The molecule has 6 rings (SSSR count). The Bertz CT molecular complexity index is 1470. The normalized spacial score (nSPS) is 21.1. The summed E-state index contributed by atoms with van der Waals surface area (Å²) in [7, 11) is 0. The lowest BCUT2D eigenvalue weighted by Gasteiger charge is -2.34. The van der Waals surface area contributed by atoms with Crippen molar-refractivity contribution in [1.29, 1.82) is 5.26 Å². The number of fused-ring (bicyclic) bond motifs is 2. The largest absolute Gasteiger partial charge is 0.381 e. The lowest BCUT2D eigenvalue weighted by Crippen LogP contribution is -2.55. The third-order valence-electron chi connectivity index (χ3n) is 8.19. The van der Waals surface area contributed by atoms with E-state index in [2.05, 4.69) is 17.1 Å². The molecule has 1 saturated heterocycles. The average molecular weight is 583 g/mol. The minimum Gasteiger partial charge on any atom is -0.381 e. The van der Waals surface area contributed by atoms with Crippen molar-refractivity contribution in [3.63, 3.8) is 0 Å². The molecule has 2 fully saturated rings. The number of ether oxygens (including phenoxy) is 1. The summed E-state index contributed by atoms with van der Waals surface area (Å²) in [6.07, 6.45) is 5.40. The molecule has 0 spiro atoms. The molecule has 2 atom stereocenters. The van der Waals surface area contributed by atoms with Gasteiger partial charge in [-0.25, -0.2) is 0 Å². The first-order valence-electron chi connectivity index (χ1n) is 13.4. The molecule has 8 nitrogen and oxygen atoms in total. The van der Waals surface area contributed by atoms with Gasteiger partial charge in [-0.1, -0.05) is 18.2 Å². The summed E-state index contributed by atoms with van der Waals surface area (Å²) in [4.78, 5) is 36.0. The van der Waals surface area contributed by atoms with Gasteiger partial charge in [-0.3, -0.25) is 14.6 Å². The van der Waals surface area contributed by atoms with Crippen LogP contribution in [0.5, 0.6) is 0 Å². The highest BCUT2D eigenvalue weighted by Crippen LogP contribution is 2.44. The Kier molecular flexibility index (Phi) is 9.01. The number of hydrogen-bond donors (Lipinski definition) is 1. The molecule has 0 unspecified atom stereocenters. The first kappa shape index (κ1) is 29.8. The number of nitrogens with two attached hydrogens (primary N) is 1. The minimum absolute atomic E-state index is 0. The van der Waals surface area contributed by atoms with E-state index in [9.17, 15) is 14.9 Å². The van der Waals surface area contributed by atoms with Gasteiger partial charge >= 0.3 is 0 Å². The molecule has 2 amide bonds. The molecule has 1 aliphatic carbocycles. The maximum atomic E-state index is 14.0. The van der Waals surface area contributed by atoms with Gasteiger partial charge in [0.05, 0.1) is 41.1 Å². The number of aromatic nitrogens is 1. The number of nitrogens with zero attached hydrogens (tertiary/aromatic N) is 4. The van der Waals surface area contributed by atoms with E-state index < -0.39 is 12.1 Å². The zero-order valence-electron chi connectivity index (χ0n) is 22.3. The molecular weight excluding hydrogens is 549 g/mol. The van der Waals surface area contributed by atoms with Crippen LogP contribution in [0.4, 0.5) is 11.4 Å². The maximum Gasteiger partial charge on any atom is 0.246 e. The van der Waals surface area contributed by atoms with Crippen molar-refractivity contribution in [1.82, 2.24) is 4.98 Å². The third-order valence-corrected chi connectivity index (χ3v) is 8.19. The van der Waals surface area contributed by atoms with Crippen LogP contribution in [0.2, 0.25) is 0 Å². The Hall–Kier alpha value is -3.22. The summed E-state index contributed by atoms with van der Waals surface area (Å²) in [6.45, 7) is 3.19. The molecule has 3 aromatic rings. The lowest BCUT2D eigenvalue weighted by molar-refractivity contribution is -0.126. The molecule has 2 aromatic carbocycles. The van der Waals surface area contributed by atoms with Gasteiger partial charge in [0, 0.05) is 30.7 Å². The highest BCUT2D eigenvalue weighted by molar-refractivity contribution is 6.08. The van der Waals surface area contributed by atoms with Gasteiger partial charge in [-0.2, -0.15) is 5.26 Å². The van der Waals surface area contributed by atoms with Crippen LogP contribution >= 0.6 is 24.8 Å². The van der Waals surface area contributed by atoms with Crippen LogP contribution in [0.15, 0.2) is 48.7 Å². The first-order chi connectivity index (χ1) is 18.5. The number of hydrogen-bond acceptors (Lipinski definition) is 6. The van der Waals surface area contributed by atoms with E-state index in [1.807, 2.05) is 31.3 Å². The Morgan fingerprint density at radius 1 is 1.10 bits per heavy atom. The van der Waals surface area contributed by atoms with Crippen LogP contribution in [0.1, 0.15) is 55.2 Å². The minimum atomic E-state index is -0.922. The van der Waals surface area contributed by atoms with Crippen molar-refractivity contribution in [3.05, 3.63) is 65.4 Å². The van der Waals surface area contributed by atoms with Gasteiger partial charge in [0.25, 0.3) is 0 Å². The molecule has 40 heavy (non-hydrogen) atoms. The van der Waals surface area contributed by atoms with Gasteiger partial charge in [-0.05, 0) is 73.9 Å². The number of carbonyl (C=O) groups excluding carboxylic acids is 2. The molecule has 1 aromatic heterocycles. The number of rotatable bonds is 4. The zero-order chi connectivity index (χ0) is 26.4. The van der Waals surface area contributed by atoms with Gasteiger partial charge in [-0.15, -0.1) is 24.8 Å². The number of amides is 2. The fourth-order valence-corrected chi connectivity index (χ4v) is 5.82. The van der Waals surface area contributed by atoms with Gasteiger partial charge in [0.1, 0.15) is 6.04 Å². The van der Waals surface area contributed by atoms with E-state index in [-0.39, 0.29) is 42.5 Å². The molecule has 2 aliphatic heterocycles. The Labute approximate surface area is 246 Å². The summed E-state index contributed by atoms with van der Waals surface area (Å²) < 4.78 is 5.48. The number of halogens is 2. The Morgan fingerprint density at radius 2 is 1.82 bits per heavy atom. The lowest BCUT2D eigenvalue weighted by atomic mass is 9.96. The predicted octanol–water partition coefficient (Wildman–Crippen LogP) is 4.85. The van der Waals surface area contributed by atoms with Crippen molar-refractivity contribution in [2.24, 2.45) is 11.7 Å². The third kappa shape index (κ3) is 5.27. The van der Waals surface area contributed by atoms with Gasteiger partial charge in [0.2, 0.25) is 11.8 Å². The Morgan fingerprint density at radius 3 is 2.52 bits per heavy atom. The highest BCUT2D eigenvalue weighted by Gasteiger charge is 2.42. The van der Waals surface area contributed by atoms with Crippen LogP contribution in [-0.2, 0) is 20.9 Å². The number of pyridine rings is 1. The summed E-state index contributed by atoms with van der Waals surface area (Å²) in [5.74, 6) is -0.100. The Balaban J connectivity index is 0.00000185. The van der Waals surface area contributed by atoms with E-state index in [0.29, 0.717) is 55.5 Å². The second-order valence-electron chi connectivity index (χ2n) is 10.6. The molecule has 3 heterocycles. The van der Waals surface area contributed by atoms with Gasteiger partial charge < -0.3 is 20.3 Å². The predicted molar refractivity (Wildman–Crippen MR) is 159 cm³/mol. The van der Waals surface area contributed by atoms with E-state index >= 15 is 0 Å². The summed E-state index contributed by atoms with van der Waals surface area (Å²) in [5, 5.41) is 10.7. The molecular formula is C30H33Cl2N5O3. The summed E-state index contributed by atoms with van der Waals surface area (Å²) in [5.41, 5.74) is 11.3. The number of anilines is 2. The molecule has 10 heteroatoms. The molecule has 1 saturated carbocycles. The second kappa shape index (κ2) is 12.1. The summed E-state index contributed by atoms with van der Waals surface area (Å²) >= 11 is 0. The molecule has 210 valence electrons. The SMILES string of the molecule is C[C@H]1[C@H](N)C(=O)N(Cc2c(C3CC3)cnc3ccccc23)c2ccc(C#N)cc2N1C(=O)C1CCOCC1.Cl.Cl. The van der Waals surface area contributed by atoms with Gasteiger partial charge in [0.15, 0.2) is 0 Å². The number of benzene rings is 2. The zero-order valence-corrected chi connectivity index (χ0v) is 23.9. The van der Waals surface area contributed by atoms with E-state index in [0.717, 1.165) is 34.9 Å². The molecule has 3 aliphatic rings. The highest BCUT2D eigenvalue weighted by atomic mass is 35.5. The number of carbonyl (C=O) groups is 2.